The molecule has 1 saturated heterocycles. The van der Waals surface area contributed by atoms with E-state index in [0.29, 0.717) is 18.0 Å². The Bertz CT molecular complexity index is 311. The van der Waals surface area contributed by atoms with Gasteiger partial charge in [0.1, 0.15) is 0 Å². The van der Waals surface area contributed by atoms with E-state index in [2.05, 4.69) is 31.0 Å². The van der Waals surface area contributed by atoms with E-state index in [-0.39, 0.29) is 0 Å². The minimum atomic E-state index is 0.303. The lowest BCUT2D eigenvalue weighted by atomic mass is 10.2. The summed E-state index contributed by atoms with van der Waals surface area (Å²) in [4.78, 5) is 7.11. The zero-order valence-electron chi connectivity index (χ0n) is 14.0. The summed E-state index contributed by atoms with van der Waals surface area (Å²) in [5.74, 6) is 2.21. The van der Waals surface area contributed by atoms with E-state index < -0.39 is 0 Å². The number of hydrogen-bond donors (Lipinski definition) is 1. The molecule has 0 aromatic rings. The summed E-state index contributed by atoms with van der Waals surface area (Å²) in [5.41, 5.74) is 0. The third kappa shape index (κ3) is 7.93. The molecule has 1 aliphatic heterocycles. The smallest absolute Gasteiger partial charge is 0.193 e. The van der Waals surface area contributed by atoms with Gasteiger partial charge in [-0.15, -0.1) is 0 Å². The maximum atomic E-state index is 5.46. The van der Waals surface area contributed by atoms with Crippen LogP contribution in [-0.4, -0.2) is 74.5 Å². The fraction of sp³-hybridized carbons (Fsp3) is 0.933. The van der Waals surface area contributed by atoms with E-state index in [1.54, 1.807) is 7.11 Å². The monoisotopic (exact) mass is 317 g/mol. The van der Waals surface area contributed by atoms with Gasteiger partial charge < -0.3 is 19.7 Å². The quantitative estimate of drug-likeness (QED) is 0.420. The highest BCUT2D eigenvalue weighted by Crippen LogP contribution is 2.29. The molecule has 0 aromatic carbocycles. The third-order valence-electron chi connectivity index (χ3n) is 3.20. The van der Waals surface area contributed by atoms with Gasteiger partial charge in [-0.1, -0.05) is 0 Å². The van der Waals surface area contributed by atoms with Gasteiger partial charge in [-0.2, -0.15) is 11.8 Å². The van der Waals surface area contributed by atoms with Crippen LogP contribution in [0.2, 0.25) is 0 Å². The third-order valence-corrected chi connectivity index (χ3v) is 4.50. The lowest BCUT2D eigenvalue weighted by Gasteiger charge is -2.39. The van der Waals surface area contributed by atoms with E-state index in [4.69, 9.17) is 14.5 Å². The number of hydrogen-bond acceptors (Lipinski definition) is 4. The molecule has 1 heterocycles. The minimum absolute atomic E-state index is 0.303. The highest BCUT2D eigenvalue weighted by atomic mass is 32.2. The van der Waals surface area contributed by atoms with Gasteiger partial charge in [-0.25, -0.2) is 0 Å². The second kappa shape index (κ2) is 10.3. The Morgan fingerprint density at radius 2 is 2.14 bits per heavy atom. The maximum Gasteiger partial charge on any atom is 0.193 e. The molecule has 1 fully saturated rings. The second-order valence-corrected chi connectivity index (χ2v) is 7.53. The van der Waals surface area contributed by atoms with E-state index in [1.807, 2.05) is 11.8 Å². The summed E-state index contributed by atoms with van der Waals surface area (Å²) in [6.07, 6.45) is 0.949. The number of guanidine groups is 1. The van der Waals surface area contributed by atoms with Crippen molar-refractivity contribution in [1.82, 2.24) is 10.2 Å². The summed E-state index contributed by atoms with van der Waals surface area (Å²) < 4.78 is 10.7. The number of nitrogens with one attached hydrogen (secondary N) is 1. The van der Waals surface area contributed by atoms with Crippen LogP contribution < -0.4 is 5.32 Å². The highest BCUT2D eigenvalue weighted by molar-refractivity contribution is 8.00. The summed E-state index contributed by atoms with van der Waals surface area (Å²) >= 11 is 2.04. The topological polar surface area (TPSA) is 46.1 Å². The first kappa shape index (κ1) is 18.6. The number of ether oxygens (including phenoxy) is 2. The summed E-state index contributed by atoms with van der Waals surface area (Å²) in [7, 11) is 1.69. The molecule has 1 aliphatic rings. The van der Waals surface area contributed by atoms with Crippen LogP contribution in [0.1, 0.15) is 27.2 Å². The van der Waals surface area contributed by atoms with Gasteiger partial charge in [-0.05, 0) is 27.2 Å². The Morgan fingerprint density at radius 3 is 2.81 bits per heavy atom. The van der Waals surface area contributed by atoms with Crippen LogP contribution in [0.5, 0.6) is 0 Å². The number of nitrogens with zero attached hydrogens (tertiary/aromatic N) is 2. The van der Waals surface area contributed by atoms with Crippen molar-refractivity contribution in [2.45, 2.75) is 31.9 Å². The molecule has 5 nitrogen and oxygen atoms in total. The molecule has 0 saturated carbocycles. The zero-order valence-corrected chi connectivity index (χ0v) is 14.8. The Hall–Kier alpha value is -0.460. The Balaban J connectivity index is 2.35. The van der Waals surface area contributed by atoms with Gasteiger partial charge in [0.15, 0.2) is 5.96 Å². The van der Waals surface area contributed by atoms with Crippen LogP contribution in [0.15, 0.2) is 4.99 Å². The van der Waals surface area contributed by atoms with E-state index >= 15 is 0 Å². The molecule has 0 radical (unpaired) electrons. The fourth-order valence-electron chi connectivity index (χ4n) is 2.22. The van der Waals surface area contributed by atoms with Gasteiger partial charge in [-0.3, -0.25) is 4.99 Å². The largest absolute Gasteiger partial charge is 0.382 e. The molecule has 0 aromatic heterocycles. The molecule has 0 unspecified atom stereocenters. The van der Waals surface area contributed by atoms with E-state index in [1.165, 1.54) is 0 Å². The van der Waals surface area contributed by atoms with Crippen LogP contribution in [0.25, 0.3) is 0 Å². The highest BCUT2D eigenvalue weighted by Gasteiger charge is 2.28. The molecular weight excluding hydrogens is 286 g/mol. The van der Waals surface area contributed by atoms with Gasteiger partial charge >= 0.3 is 0 Å². The Morgan fingerprint density at radius 1 is 1.33 bits per heavy atom. The van der Waals surface area contributed by atoms with Crippen molar-refractivity contribution < 1.29 is 9.47 Å². The van der Waals surface area contributed by atoms with Gasteiger partial charge in [0.25, 0.3) is 0 Å². The second-order valence-electron chi connectivity index (χ2n) is 5.72. The van der Waals surface area contributed by atoms with E-state index in [0.717, 1.165) is 50.9 Å². The lowest BCUT2D eigenvalue weighted by Crippen LogP contribution is -2.51. The van der Waals surface area contributed by atoms with Gasteiger partial charge in [0.05, 0.1) is 13.2 Å². The molecule has 124 valence electrons. The predicted octanol–water partition coefficient (Wildman–Crippen LogP) is 1.83. The summed E-state index contributed by atoms with van der Waals surface area (Å²) in [6, 6.07) is 0. The summed E-state index contributed by atoms with van der Waals surface area (Å²) in [6.45, 7) is 12.6. The first-order valence-electron chi connectivity index (χ1n) is 7.83. The van der Waals surface area contributed by atoms with Crippen molar-refractivity contribution >= 4 is 17.7 Å². The summed E-state index contributed by atoms with van der Waals surface area (Å²) in [5, 5.41) is 3.41. The molecule has 0 spiro atoms. The van der Waals surface area contributed by atoms with Crippen molar-refractivity contribution in [3.8, 4) is 0 Å². The molecule has 21 heavy (non-hydrogen) atoms. The first-order valence-corrected chi connectivity index (χ1v) is 8.81. The molecule has 0 aliphatic carbocycles. The van der Waals surface area contributed by atoms with Crippen molar-refractivity contribution in [2.75, 3.05) is 58.9 Å². The first-order chi connectivity index (χ1) is 10.1. The standard InChI is InChI=1S/C15H31N3O2S/c1-5-16-14(17-7-6-9-20-11-10-19-4)18-8-12-21-15(2,3)13-18/h5-13H2,1-4H3,(H,16,17). The maximum absolute atomic E-state index is 5.46. The van der Waals surface area contributed by atoms with Crippen molar-refractivity contribution in [2.24, 2.45) is 4.99 Å². The van der Waals surface area contributed by atoms with Crippen molar-refractivity contribution in [3.63, 3.8) is 0 Å². The molecule has 0 amide bonds. The molecular formula is C15H31N3O2S. The van der Waals surface area contributed by atoms with Crippen LogP contribution in [0.4, 0.5) is 0 Å². The van der Waals surface area contributed by atoms with Gasteiger partial charge in [0, 0.05) is 50.4 Å². The molecule has 0 atom stereocenters. The molecule has 6 heteroatoms. The minimum Gasteiger partial charge on any atom is -0.382 e. The van der Waals surface area contributed by atoms with Crippen LogP contribution in [-0.2, 0) is 9.47 Å². The van der Waals surface area contributed by atoms with Gasteiger partial charge in [0.2, 0.25) is 0 Å². The predicted molar refractivity (Wildman–Crippen MR) is 91.4 cm³/mol. The van der Waals surface area contributed by atoms with Crippen LogP contribution in [0, 0.1) is 0 Å². The normalized spacial score (nSPS) is 18.9. The number of thioether (sulfide) groups is 1. The van der Waals surface area contributed by atoms with Crippen LogP contribution in [0.3, 0.4) is 0 Å². The van der Waals surface area contributed by atoms with Crippen LogP contribution >= 0.6 is 11.8 Å². The SMILES string of the molecule is CCNC(=NCCCOCCOC)N1CCSC(C)(C)C1. The molecule has 1 rings (SSSR count). The average molecular weight is 317 g/mol. The van der Waals surface area contributed by atoms with Crippen molar-refractivity contribution in [3.05, 3.63) is 0 Å². The molecule has 1 N–H and O–H groups in total. The molecule has 0 bridgehead atoms. The lowest BCUT2D eigenvalue weighted by molar-refractivity contribution is 0.0702. The average Bonchev–Trinajstić information content (AvgIpc) is 2.44. The number of aliphatic imine (C=N–C) groups is 1. The fourth-order valence-corrected chi connectivity index (χ4v) is 3.33. The number of methoxy groups -OCH3 is 1. The Labute approximate surface area is 133 Å². The van der Waals surface area contributed by atoms with Crippen molar-refractivity contribution in [1.29, 1.82) is 0 Å². The zero-order chi connectivity index (χ0) is 15.6. The number of rotatable bonds is 8. The Kier molecular flexibility index (Phi) is 9.11. The van der Waals surface area contributed by atoms with E-state index in [9.17, 15) is 0 Å².